The van der Waals surface area contributed by atoms with Crippen LogP contribution in [0.3, 0.4) is 0 Å². The second kappa shape index (κ2) is 9.16. The summed E-state index contributed by atoms with van der Waals surface area (Å²) in [5.41, 5.74) is 2.10. The number of halogens is 1. The van der Waals surface area contributed by atoms with Gasteiger partial charge in [-0.05, 0) is 55.0 Å². The van der Waals surface area contributed by atoms with E-state index in [1.807, 2.05) is 13.0 Å². The van der Waals surface area contributed by atoms with Crippen molar-refractivity contribution in [1.29, 1.82) is 0 Å². The number of benzene rings is 3. The zero-order valence-corrected chi connectivity index (χ0v) is 18.3. The van der Waals surface area contributed by atoms with Crippen molar-refractivity contribution in [2.75, 3.05) is 23.9 Å². The van der Waals surface area contributed by atoms with Crippen LogP contribution in [0.2, 0.25) is 5.02 Å². The van der Waals surface area contributed by atoms with Crippen LogP contribution in [0.1, 0.15) is 12.5 Å². The van der Waals surface area contributed by atoms with Crippen LogP contribution >= 0.6 is 11.6 Å². The van der Waals surface area contributed by atoms with E-state index < -0.39 is 11.8 Å². The lowest BCUT2D eigenvalue weighted by Crippen LogP contribution is -2.32. The first-order valence-corrected chi connectivity index (χ1v) is 10.4. The van der Waals surface area contributed by atoms with Gasteiger partial charge in [0.2, 0.25) is 0 Å². The Morgan fingerprint density at radius 3 is 2.28 bits per heavy atom. The van der Waals surface area contributed by atoms with Crippen molar-refractivity contribution in [3.63, 3.8) is 0 Å². The van der Waals surface area contributed by atoms with Gasteiger partial charge in [0.05, 0.1) is 30.0 Å². The van der Waals surface area contributed by atoms with E-state index in [4.69, 9.17) is 21.1 Å². The van der Waals surface area contributed by atoms with Crippen LogP contribution < -0.4 is 19.7 Å². The lowest BCUT2D eigenvalue weighted by Gasteiger charge is -2.15. The molecule has 0 saturated heterocycles. The largest absolute Gasteiger partial charge is 0.495 e. The van der Waals surface area contributed by atoms with Gasteiger partial charge in [-0.1, -0.05) is 41.9 Å². The molecule has 0 atom stereocenters. The number of ether oxygens (including phenoxy) is 2. The average Bonchev–Trinajstić information content (AvgIpc) is 3.04. The number of amides is 2. The first-order chi connectivity index (χ1) is 15.5. The maximum absolute atomic E-state index is 13.4. The highest BCUT2D eigenvalue weighted by Crippen LogP contribution is 2.35. The van der Waals surface area contributed by atoms with Gasteiger partial charge in [0.25, 0.3) is 11.8 Å². The monoisotopic (exact) mass is 448 g/mol. The molecule has 0 spiro atoms. The molecule has 0 radical (unpaired) electrons. The van der Waals surface area contributed by atoms with Gasteiger partial charge in [-0.15, -0.1) is 0 Å². The van der Waals surface area contributed by atoms with Crippen molar-refractivity contribution >= 4 is 40.4 Å². The molecule has 2 amide bonds. The molecule has 6 nitrogen and oxygen atoms in total. The van der Waals surface area contributed by atoms with E-state index >= 15 is 0 Å². The summed E-state index contributed by atoms with van der Waals surface area (Å²) in [7, 11) is 1.53. The third-order valence-electron chi connectivity index (χ3n) is 4.97. The van der Waals surface area contributed by atoms with Crippen LogP contribution in [-0.2, 0) is 9.59 Å². The predicted molar refractivity (Wildman–Crippen MR) is 125 cm³/mol. The molecule has 1 aliphatic heterocycles. The molecule has 0 aromatic heterocycles. The summed E-state index contributed by atoms with van der Waals surface area (Å²) in [5, 5.41) is 3.48. The molecule has 7 heteroatoms. The number of hydrogen-bond donors (Lipinski definition) is 1. The Bertz CT molecular complexity index is 1190. The molecule has 3 aromatic carbocycles. The fourth-order valence-electron chi connectivity index (χ4n) is 3.50. The topological polar surface area (TPSA) is 67.9 Å². The lowest BCUT2D eigenvalue weighted by atomic mass is 10.0. The Kier molecular flexibility index (Phi) is 6.14. The fraction of sp³-hybridized carbons (Fsp3) is 0.120. The molecule has 3 aromatic rings. The third-order valence-corrected chi connectivity index (χ3v) is 5.27. The number of anilines is 2. The SMILES string of the molecule is CCOc1ccc(C2=C(Nc3ccc(OC)c(Cl)c3)C(=O)N(c3ccccc3)C2=O)cc1. The highest BCUT2D eigenvalue weighted by molar-refractivity contribution is 6.46. The van der Waals surface area contributed by atoms with Crippen LogP contribution in [0.15, 0.2) is 78.5 Å². The maximum atomic E-state index is 13.4. The minimum absolute atomic E-state index is 0.171. The fourth-order valence-corrected chi connectivity index (χ4v) is 3.76. The number of para-hydroxylation sites is 1. The van der Waals surface area contributed by atoms with Gasteiger partial charge < -0.3 is 14.8 Å². The minimum Gasteiger partial charge on any atom is -0.495 e. The first-order valence-electron chi connectivity index (χ1n) is 10.1. The Labute approximate surface area is 191 Å². The quantitative estimate of drug-likeness (QED) is 0.506. The smallest absolute Gasteiger partial charge is 0.282 e. The van der Waals surface area contributed by atoms with E-state index in [0.717, 1.165) is 0 Å². The van der Waals surface area contributed by atoms with Crippen LogP contribution in [0.4, 0.5) is 11.4 Å². The molecule has 4 rings (SSSR count). The predicted octanol–water partition coefficient (Wildman–Crippen LogP) is 5.14. The summed E-state index contributed by atoms with van der Waals surface area (Å²) in [5.74, 6) is 0.340. The number of rotatable bonds is 7. The minimum atomic E-state index is -0.447. The molecule has 32 heavy (non-hydrogen) atoms. The normalized spacial score (nSPS) is 13.5. The number of methoxy groups -OCH3 is 1. The van der Waals surface area contributed by atoms with E-state index in [9.17, 15) is 9.59 Å². The molecule has 0 aliphatic carbocycles. The van der Waals surface area contributed by atoms with Gasteiger partial charge in [-0.25, -0.2) is 4.90 Å². The number of imide groups is 1. The van der Waals surface area contributed by atoms with E-state index in [-0.39, 0.29) is 11.3 Å². The summed E-state index contributed by atoms with van der Waals surface area (Å²) in [6.45, 7) is 2.43. The number of carbonyl (C=O) groups is 2. The molecule has 1 N–H and O–H groups in total. The zero-order chi connectivity index (χ0) is 22.7. The Morgan fingerprint density at radius 1 is 0.938 bits per heavy atom. The molecule has 0 saturated carbocycles. The van der Waals surface area contributed by atoms with E-state index in [1.165, 1.54) is 12.0 Å². The standard InChI is InChI=1S/C25H21ClN2O4/c1-3-32-19-12-9-16(10-13-19)22-23(27-17-11-14-21(31-2)20(26)15-17)25(30)28(24(22)29)18-7-5-4-6-8-18/h4-15,27H,3H2,1-2H3. The summed E-state index contributed by atoms with van der Waals surface area (Å²) >= 11 is 6.25. The molecule has 0 unspecified atom stereocenters. The second-order valence-corrected chi connectivity index (χ2v) is 7.37. The van der Waals surface area contributed by atoms with Gasteiger partial charge in [-0.2, -0.15) is 0 Å². The van der Waals surface area contributed by atoms with Crippen molar-refractivity contribution in [3.05, 3.63) is 89.1 Å². The molecular formula is C25H21ClN2O4. The molecule has 1 heterocycles. The van der Waals surface area contributed by atoms with Crippen molar-refractivity contribution < 1.29 is 19.1 Å². The molecule has 162 valence electrons. The molecule has 0 bridgehead atoms. The van der Waals surface area contributed by atoms with Crippen molar-refractivity contribution in [2.24, 2.45) is 0 Å². The number of nitrogens with zero attached hydrogens (tertiary/aromatic N) is 1. The molecule has 0 fully saturated rings. The summed E-state index contributed by atoms with van der Waals surface area (Å²) < 4.78 is 10.7. The van der Waals surface area contributed by atoms with Gasteiger partial charge in [-0.3, -0.25) is 9.59 Å². The van der Waals surface area contributed by atoms with E-state index in [1.54, 1.807) is 66.7 Å². The summed E-state index contributed by atoms with van der Waals surface area (Å²) in [6, 6.07) is 21.0. The first kappa shape index (κ1) is 21.5. The third kappa shape index (κ3) is 4.05. The van der Waals surface area contributed by atoms with Gasteiger partial charge in [0.1, 0.15) is 17.2 Å². The highest BCUT2D eigenvalue weighted by Gasteiger charge is 2.40. The average molecular weight is 449 g/mol. The Hall–Kier alpha value is -3.77. The molecule has 1 aliphatic rings. The van der Waals surface area contributed by atoms with Crippen LogP contribution in [0, 0.1) is 0 Å². The maximum Gasteiger partial charge on any atom is 0.282 e. The zero-order valence-electron chi connectivity index (χ0n) is 17.6. The van der Waals surface area contributed by atoms with Crippen LogP contribution in [0.25, 0.3) is 5.57 Å². The van der Waals surface area contributed by atoms with Gasteiger partial charge >= 0.3 is 0 Å². The Morgan fingerprint density at radius 2 is 1.66 bits per heavy atom. The van der Waals surface area contributed by atoms with Crippen LogP contribution in [0.5, 0.6) is 11.5 Å². The Balaban J connectivity index is 1.78. The number of carbonyl (C=O) groups excluding carboxylic acids is 2. The van der Waals surface area contributed by atoms with E-state index in [0.29, 0.717) is 40.1 Å². The second-order valence-electron chi connectivity index (χ2n) is 6.96. The number of hydrogen-bond acceptors (Lipinski definition) is 5. The van der Waals surface area contributed by atoms with E-state index in [2.05, 4.69) is 5.32 Å². The van der Waals surface area contributed by atoms with Crippen molar-refractivity contribution in [2.45, 2.75) is 6.92 Å². The van der Waals surface area contributed by atoms with Gasteiger partial charge in [0.15, 0.2) is 0 Å². The lowest BCUT2D eigenvalue weighted by molar-refractivity contribution is -0.120. The highest BCUT2D eigenvalue weighted by atomic mass is 35.5. The van der Waals surface area contributed by atoms with Gasteiger partial charge in [0, 0.05) is 5.69 Å². The summed E-state index contributed by atoms with van der Waals surface area (Å²) in [4.78, 5) is 28.0. The van der Waals surface area contributed by atoms with Crippen molar-refractivity contribution in [1.82, 2.24) is 0 Å². The molecular weight excluding hydrogens is 428 g/mol. The number of nitrogens with one attached hydrogen (secondary N) is 1. The van der Waals surface area contributed by atoms with Crippen LogP contribution in [-0.4, -0.2) is 25.5 Å². The van der Waals surface area contributed by atoms with Crippen molar-refractivity contribution in [3.8, 4) is 11.5 Å². The summed E-state index contributed by atoms with van der Waals surface area (Å²) in [6.07, 6.45) is 0.